The van der Waals surface area contributed by atoms with Crippen molar-refractivity contribution in [2.24, 2.45) is 17.8 Å². The van der Waals surface area contributed by atoms with Crippen molar-refractivity contribution in [1.82, 2.24) is 24.8 Å². The molecule has 5 unspecified atom stereocenters. The van der Waals surface area contributed by atoms with Gasteiger partial charge in [-0.05, 0) is 77.3 Å². The van der Waals surface area contributed by atoms with Crippen LogP contribution in [0, 0.1) is 23.6 Å². The molecule has 3 aliphatic rings. The Hall–Kier alpha value is -2.03. The van der Waals surface area contributed by atoms with Gasteiger partial charge < -0.3 is 9.64 Å². The first kappa shape index (κ1) is 31.4. The molecule has 42 heavy (non-hydrogen) atoms. The van der Waals surface area contributed by atoms with E-state index in [0.29, 0.717) is 22.4 Å². The van der Waals surface area contributed by atoms with Crippen LogP contribution in [0.15, 0.2) is 24.4 Å². The topological polar surface area (TPSA) is 63.5 Å². The molecule has 9 heteroatoms. The van der Waals surface area contributed by atoms with Crippen LogP contribution in [0.1, 0.15) is 97.4 Å². The number of morpholine rings is 1. The van der Waals surface area contributed by atoms with Crippen LogP contribution >= 0.6 is 11.6 Å². The van der Waals surface area contributed by atoms with Crippen LogP contribution in [-0.2, 0) is 22.5 Å². The van der Waals surface area contributed by atoms with E-state index in [2.05, 4.69) is 63.0 Å². The molecule has 1 saturated heterocycles. The van der Waals surface area contributed by atoms with Gasteiger partial charge >= 0.3 is 0 Å². The quantitative estimate of drug-likeness (QED) is 0.337. The summed E-state index contributed by atoms with van der Waals surface area (Å²) in [6.07, 6.45) is 8.51. The lowest BCUT2D eigenvalue weighted by Crippen LogP contribution is -2.57. The van der Waals surface area contributed by atoms with E-state index in [4.69, 9.17) is 16.3 Å². The molecular weight excluding hydrogens is 553 g/mol. The van der Waals surface area contributed by atoms with Crippen molar-refractivity contribution in [2.75, 3.05) is 19.6 Å². The van der Waals surface area contributed by atoms with Crippen molar-refractivity contribution < 1.29 is 13.9 Å². The number of hydrogen-bond donors (Lipinski definition) is 0. The second-order valence-corrected chi connectivity index (χ2v) is 14.8. The van der Waals surface area contributed by atoms with Gasteiger partial charge in [0.05, 0.1) is 29.5 Å². The summed E-state index contributed by atoms with van der Waals surface area (Å²) in [5.41, 5.74) is 1.04. The Balaban J connectivity index is 1.25. The first-order valence-electron chi connectivity index (χ1n) is 15.9. The summed E-state index contributed by atoms with van der Waals surface area (Å²) in [4.78, 5) is 18.6. The summed E-state index contributed by atoms with van der Waals surface area (Å²) in [6, 6.07) is 5.00. The van der Waals surface area contributed by atoms with E-state index in [9.17, 15) is 9.18 Å². The summed E-state index contributed by atoms with van der Waals surface area (Å²) in [7, 11) is 0. The number of rotatable bonds is 8. The monoisotopic (exact) mass is 601 g/mol. The van der Waals surface area contributed by atoms with Crippen LogP contribution < -0.4 is 0 Å². The van der Waals surface area contributed by atoms with Crippen LogP contribution in [-0.4, -0.2) is 67.6 Å². The maximum absolute atomic E-state index is 14.9. The zero-order valence-electron chi connectivity index (χ0n) is 26.3. The molecule has 232 valence electrons. The minimum absolute atomic E-state index is 0.0871. The van der Waals surface area contributed by atoms with Gasteiger partial charge in [0.25, 0.3) is 0 Å². The molecule has 3 fully saturated rings. The number of halogens is 2. The number of hydrogen-bond acceptors (Lipinski definition) is 5. The Kier molecular flexibility index (Phi) is 9.36. The van der Waals surface area contributed by atoms with Gasteiger partial charge in [-0.2, -0.15) is 0 Å². The average Bonchev–Trinajstić information content (AvgIpc) is 3.57. The van der Waals surface area contributed by atoms with Crippen molar-refractivity contribution in [3.05, 3.63) is 46.5 Å². The Labute approximate surface area is 256 Å². The third-order valence-electron chi connectivity index (χ3n) is 9.87. The van der Waals surface area contributed by atoms with Gasteiger partial charge in [0, 0.05) is 54.8 Å². The van der Waals surface area contributed by atoms with Crippen LogP contribution in [0.5, 0.6) is 0 Å². The molecule has 7 nitrogen and oxygen atoms in total. The summed E-state index contributed by atoms with van der Waals surface area (Å²) < 4.78 is 23.1. The highest BCUT2D eigenvalue weighted by atomic mass is 35.5. The Morgan fingerprint density at radius 2 is 1.86 bits per heavy atom. The van der Waals surface area contributed by atoms with Crippen molar-refractivity contribution in [1.29, 1.82) is 0 Å². The van der Waals surface area contributed by atoms with Gasteiger partial charge in [0.15, 0.2) is 0 Å². The second-order valence-electron chi connectivity index (χ2n) is 14.4. The summed E-state index contributed by atoms with van der Waals surface area (Å²) in [5, 5.41) is 9.37. The third kappa shape index (κ3) is 7.19. The molecule has 1 aromatic heterocycles. The van der Waals surface area contributed by atoms with Crippen LogP contribution in [0.3, 0.4) is 0 Å². The van der Waals surface area contributed by atoms with E-state index in [1.807, 2.05) is 9.58 Å². The van der Waals surface area contributed by atoms with Crippen LogP contribution in [0.2, 0.25) is 5.02 Å². The van der Waals surface area contributed by atoms with Gasteiger partial charge in [-0.1, -0.05) is 49.6 Å². The summed E-state index contributed by atoms with van der Waals surface area (Å²) in [5.74, 6) is 0.539. The van der Waals surface area contributed by atoms with Gasteiger partial charge in [-0.3, -0.25) is 9.69 Å². The van der Waals surface area contributed by atoms with Crippen LogP contribution in [0.4, 0.5) is 4.39 Å². The second kappa shape index (κ2) is 12.5. The SMILES string of the molecule is CC1CCCC(N(Cc2c(F)cccc2Cl)C(=O)C2CCC(n3cc(CCN4CC(C)(C)OC(C)(C)C4)nn3)C2)C1C. The minimum atomic E-state index is -0.347. The van der Waals surface area contributed by atoms with Crippen molar-refractivity contribution in [2.45, 2.75) is 116 Å². The molecule has 5 atom stereocenters. The molecule has 0 N–H and O–H groups in total. The normalized spacial score (nSPS) is 29.5. The van der Waals surface area contributed by atoms with E-state index >= 15 is 0 Å². The average molecular weight is 602 g/mol. The van der Waals surface area contributed by atoms with E-state index < -0.39 is 0 Å². The van der Waals surface area contributed by atoms with Gasteiger partial charge in [0.2, 0.25) is 5.91 Å². The fourth-order valence-corrected chi connectivity index (χ4v) is 8.07. The number of nitrogens with zero attached hydrogens (tertiary/aromatic N) is 5. The zero-order chi connectivity index (χ0) is 30.2. The smallest absolute Gasteiger partial charge is 0.226 e. The molecule has 2 aromatic rings. The molecule has 1 amide bonds. The molecule has 1 aliphatic heterocycles. The first-order chi connectivity index (χ1) is 19.8. The number of benzene rings is 1. The molecule has 1 aromatic carbocycles. The number of carbonyl (C=O) groups excluding carboxylic acids is 1. The van der Waals surface area contributed by atoms with Crippen LogP contribution in [0.25, 0.3) is 0 Å². The Morgan fingerprint density at radius 1 is 1.12 bits per heavy atom. The lowest BCUT2D eigenvalue weighted by Gasteiger charge is -2.47. The largest absolute Gasteiger partial charge is 0.367 e. The number of ether oxygens (including phenoxy) is 1. The Bertz CT molecular complexity index is 1210. The fraction of sp³-hybridized carbons (Fsp3) is 0.727. The number of amides is 1. The molecule has 0 bridgehead atoms. The highest BCUT2D eigenvalue weighted by molar-refractivity contribution is 6.31. The van der Waals surface area contributed by atoms with Crippen molar-refractivity contribution in [3.8, 4) is 0 Å². The lowest BCUT2D eigenvalue weighted by molar-refractivity contribution is -0.180. The molecule has 2 heterocycles. The van der Waals surface area contributed by atoms with Gasteiger partial charge in [-0.25, -0.2) is 9.07 Å². The summed E-state index contributed by atoms with van der Waals surface area (Å²) in [6.45, 7) is 16.0. The van der Waals surface area contributed by atoms with E-state index in [1.165, 1.54) is 12.5 Å². The fourth-order valence-electron chi connectivity index (χ4n) is 7.85. The molecule has 0 spiro atoms. The molecule has 0 radical (unpaired) electrons. The van der Waals surface area contributed by atoms with Gasteiger partial charge in [0.1, 0.15) is 5.82 Å². The van der Waals surface area contributed by atoms with Crippen molar-refractivity contribution >= 4 is 17.5 Å². The lowest BCUT2D eigenvalue weighted by atomic mass is 9.77. The number of aromatic nitrogens is 3. The van der Waals surface area contributed by atoms with Gasteiger partial charge in [-0.15, -0.1) is 5.10 Å². The van der Waals surface area contributed by atoms with E-state index in [1.54, 1.807) is 12.1 Å². The first-order valence-corrected chi connectivity index (χ1v) is 16.3. The summed E-state index contributed by atoms with van der Waals surface area (Å²) >= 11 is 6.44. The molecule has 5 rings (SSSR count). The maximum Gasteiger partial charge on any atom is 0.226 e. The molecule has 2 saturated carbocycles. The standard InChI is InChI=1S/C33H49ClFN5O2/c1-22-9-7-12-30(23(22)2)39(19-27-28(34)10-8-11-29(27)35)31(41)24-13-14-26(17-24)40-18-25(36-37-40)15-16-38-20-32(3,4)42-33(5,6)21-38/h8,10-11,18,22-24,26,30H,7,9,12-17,19-21H2,1-6H3. The zero-order valence-corrected chi connectivity index (χ0v) is 27.0. The predicted octanol–water partition coefficient (Wildman–Crippen LogP) is 6.70. The maximum atomic E-state index is 14.9. The Morgan fingerprint density at radius 3 is 2.57 bits per heavy atom. The highest BCUT2D eigenvalue weighted by Gasteiger charge is 2.41. The van der Waals surface area contributed by atoms with E-state index in [0.717, 1.165) is 63.9 Å². The minimum Gasteiger partial charge on any atom is -0.367 e. The molecular formula is C33H49ClFN5O2. The van der Waals surface area contributed by atoms with E-state index in [-0.39, 0.29) is 47.5 Å². The molecule has 2 aliphatic carbocycles. The van der Waals surface area contributed by atoms with Crippen molar-refractivity contribution in [3.63, 3.8) is 0 Å². The third-order valence-corrected chi connectivity index (χ3v) is 10.2. The number of carbonyl (C=O) groups is 1. The highest BCUT2D eigenvalue weighted by Crippen LogP contribution is 2.40. The predicted molar refractivity (Wildman–Crippen MR) is 164 cm³/mol.